The Labute approximate surface area is 155 Å². The zero-order chi connectivity index (χ0) is 19.2. The van der Waals surface area contributed by atoms with Crippen molar-refractivity contribution < 1.29 is 0 Å². The van der Waals surface area contributed by atoms with Crippen LogP contribution in [0.3, 0.4) is 0 Å². The molecule has 0 spiro atoms. The average molecular weight is 335 g/mol. The van der Waals surface area contributed by atoms with Crippen LogP contribution >= 0.6 is 0 Å². The van der Waals surface area contributed by atoms with Gasteiger partial charge in [-0.15, -0.1) is 5.73 Å². The van der Waals surface area contributed by atoms with Gasteiger partial charge < -0.3 is 0 Å². The third kappa shape index (κ3) is 4.97. The third-order valence-corrected chi connectivity index (χ3v) is 5.46. The topological polar surface area (TPSA) is 0 Å². The van der Waals surface area contributed by atoms with Gasteiger partial charge in [0.2, 0.25) is 0 Å². The molecule has 2 unspecified atom stereocenters. The maximum absolute atomic E-state index is 4.38. The highest BCUT2D eigenvalue weighted by Gasteiger charge is 2.52. The quantitative estimate of drug-likeness (QED) is 0.220. The van der Waals surface area contributed by atoms with E-state index in [1.165, 1.54) is 16.7 Å². The van der Waals surface area contributed by atoms with E-state index in [0.29, 0.717) is 11.8 Å². The number of hydrogen-bond donors (Lipinski definition) is 0. The van der Waals surface area contributed by atoms with Crippen molar-refractivity contribution in [1.82, 2.24) is 0 Å². The third-order valence-electron chi connectivity index (χ3n) is 5.46. The highest BCUT2D eigenvalue weighted by atomic mass is 14.6. The standard InChI is InChI=1S/C25H34/c1-10-14-18(5)23(13-4)19(6)15-20(7)24-17-25(24,9)21(8)16-22(11-2)12-3/h10-11,14,16,19,24H,2,4-5,7-8,12,15,17H2,1,3,6,9H3/b14-10-,22-16+/t19-,24?,25?/m1/s1. The Balaban J connectivity index is 2.79. The lowest BCUT2D eigenvalue weighted by Crippen LogP contribution is -2.07. The average Bonchev–Trinajstić information content (AvgIpc) is 3.26. The van der Waals surface area contributed by atoms with E-state index in [-0.39, 0.29) is 5.41 Å². The van der Waals surface area contributed by atoms with Crippen molar-refractivity contribution in [2.45, 2.75) is 47.0 Å². The van der Waals surface area contributed by atoms with Crippen LogP contribution in [0.5, 0.6) is 0 Å². The zero-order valence-corrected chi connectivity index (χ0v) is 16.6. The second-order valence-corrected chi connectivity index (χ2v) is 7.36. The normalized spacial score (nSPS) is 23.7. The summed E-state index contributed by atoms with van der Waals surface area (Å²) in [4.78, 5) is 0. The van der Waals surface area contributed by atoms with Crippen LogP contribution in [-0.4, -0.2) is 0 Å². The van der Waals surface area contributed by atoms with Gasteiger partial charge in [0.15, 0.2) is 0 Å². The molecule has 0 heterocycles. The van der Waals surface area contributed by atoms with Crippen molar-refractivity contribution in [3.05, 3.63) is 90.8 Å². The van der Waals surface area contributed by atoms with Gasteiger partial charge in [0.05, 0.1) is 0 Å². The minimum absolute atomic E-state index is 0.138. The number of hydrogen-bond acceptors (Lipinski definition) is 0. The van der Waals surface area contributed by atoms with E-state index < -0.39 is 0 Å². The molecule has 25 heavy (non-hydrogen) atoms. The minimum Gasteiger partial charge on any atom is -0.124 e. The van der Waals surface area contributed by atoms with Crippen molar-refractivity contribution in [2.75, 3.05) is 0 Å². The molecule has 1 rings (SSSR count). The summed E-state index contributed by atoms with van der Waals surface area (Å²) in [6, 6.07) is 0. The molecule has 0 nitrogen and oxygen atoms in total. The molecule has 0 radical (unpaired) electrons. The Morgan fingerprint density at radius 3 is 2.44 bits per heavy atom. The van der Waals surface area contributed by atoms with E-state index in [1.807, 2.05) is 25.2 Å². The van der Waals surface area contributed by atoms with Crippen LogP contribution in [-0.2, 0) is 0 Å². The smallest absolute Gasteiger partial charge is 0.00311 e. The summed E-state index contributed by atoms with van der Waals surface area (Å²) in [5.41, 5.74) is 9.02. The highest BCUT2D eigenvalue weighted by molar-refractivity contribution is 5.41. The maximum atomic E-state index is 4.38. The summed E-state index contributed by atoms with van der Waals surface area (Å²) in [6.45, 7) is 29.2. The van der Waals surface area contributed by atoms with Crippen molar-refractivity contribution >= 4 is 0 Å². The van der Waals surface area contributed by atoms with Crippen molar-refractivity contribution in [3.8, 4) is 0 Å². The summed E-state index contributed by atoms with van der Waals surface area (Å²) in [5.74, 6) is 0.824. The van der Waals surface area contributed by atoms with E-state index in [2.05, 4.69) is 65.5 Å². The van der Waals surface area contributed by atoms with E-state index in [1.54, 1.807) is 0 Å². The fraction of sp³-hybridized carbons (Fsp3) is 0.400. The van der Waals surface area contributed by atoms with Gasteiger partial charge >= 0.3 is 0 Å². The first-order valence-corrected chi connectivity index (χ1v) is 9.17. The van der Waals surface area contributed by atoms with E-state index in [0.717, 1.165) is 30.4 Å². The number of rotatable bonds is 10. The van der Waals surface area contributed by atoms with Crippen LogP contribution in [0.2, 0.25) is 0 Å². The van der Waals surface area contributed by atoms with Gasteiger partial charge in [-0.1, -0.05) is 83.5 Å². The van der Waals surface area contributed by atoms with Gasteiger partial charge in [-0.25, -0.2) is 0 Å². The molecule has 0 aliphatic heterocycles. The molecule has 1 aliphatic carbocycles. The lowest BCUT2D eigenvalue weighted by Gasteiger charge is -2.19. The van der Waals surface area contributed by atoms with Crippen LogP contribution in [0.15, 0.2) is 90.8 Å². The van der Waals surface area contributed by atoms with Crippen molar-refractivity contribution in [3.63, 3.8) is 0 Å². The Morgan fingerprint density at radius 2 is 1.96 bits per heavy atom. The van der Waals surface area contributed by atoms with Crippen LogP contribution in [0, 0.1) is 17.3 Å². The monoisotopic (exact) mass is 334 g/mol. The van der Waals surface area contributed by atoms with Gasteiger partial charge in [0.25, 0.3) is 0 Å². The summed E-state index contributed by atoms with van der Waals surface area (Å²) in [6.07, 6.45) is 11.2. The Bertz CT molecular complexity index is 673. The summed E-state index contributed by atoms with van der Waals surface area (Å²) < 4.78 is 0. The summed E-state index contributed by atoms with van der Waals surface area (Å²) in [7, 11) is 0. The lowest BCUT2D eigenvalue weighted by molar-refractivity contribution is 0.598. The van der Waals surface area contributed by atoms with E-state index >= 15 is 0 Å². The second kappa shape index (κ2) is 8.88. The first-order valence-electron chi connectivity index (χ1n) is 9.17. The molecule has 0 amide bonds. The molecule has 0 heteroatoms. The van der Waals surface area contributed by atoms with Gasteiger partial charge in [0.1, 0.15) is 0 Å². The van der Waals surface area contributed by atoms with Crippen LogP contribution < -0.4 is 0 Å². The summed E-state index contributed by atoms with van der Waals surface area (Å²) in [5, 5.41) is 0. The SMILES string of the molecule is C=C=C(C(=C)/C=C\C)[C@H](C)CC(=C)C1CC1(C)C(=C)/C=C(\C=C)CC. The van der Waals surface area contributed by atoms with E-state index in [9.17, 15) is 0 Å². The first kappa shape index (κ1) is 21.0. The molecule has 1 aliphatic rings. The molecule has 3 atom stereocenters. The summed E-state index contributed by atoms with van der Waals surface area (Å²) >= 11 is 0. The van der Waals surface area contributed by atoms with Gasteiger partial charge in [-0.2, -0.15) is 0 Å². The van der Waals surface area contributed by atoms with Crippen molar-refractivity contribution in [1.29, 1.82) is 0 Å². The maximum Gasteiger partial charge on any atom is 0.00311 e. The van der Waals surface area contributed by atoms with Crippen LogP contribution in [0.4, 0.5) is 0 Å². The zero-order valence-electron chi connectivity index (χ0n) is 16.6. The van der Waals surface area contributed by atoms with Crippen LogP contribution in [0.25, 0.3) is 0 Å². The molecule has 0 bridgehead atoms. The Kier molecular flexibility index (Phi) is 7.46. The molecule has 0 aromatic heterocycles. The van der Waals surface area contributed by atoms with Crippen molar-refractivity contribution in [2.24, 2.45) is 17.3 Å². The molecular formula is C25H34. The van der Waals surface area contributed by atoms with Gasteiger partial charge in [0, 0.05) is 5.57 Å². The predicted octanol–water partition coefficient (Wildman–Crippen LogP) is 7.52. The van der Waals surface area contributed by atoms with Gasteiger partial charge in [-0.05, 0) is 60.2 Å². The fourth-order valence-electron chi connectivity index (χ4n) is 3.54. The first-order chi connectivity index (χ1) is 11.7. The second-order valence-electron chi connectivity index (χ2n) is 7.36. The highest BCUT2D eigenvalue weighted by Crippen LogP contribution is 2.61. The number of allylic oxidation sites excluding steroid dienone is 9. The molecule has 134 valence electrons. The molecule has 0 N–H and O–H groups in total. The molecule has 1 saturated carbocycles. The largest absolute Gasteiger partial charge is 0.124 e. The molecule has 0 aromatic carbocycles. The molecule has 0 saturated heterocycles. The minimum atomic E-state index is 0.138. The Morgan fingerprint density at radius 1 is 1.32 bits per heavy atom. The van der Waals surface area contributed by atoms with Gasteiger partial charge in [-0.3, -0.25) is 0 Å². The molecule has 0 aromatic rings. The van der Waals surface area contributed by atoms with E-state index in [4.69, 9.17) is 0 Å². The molecular weight excluding hydrogens is 300 g/mol. The fourth-order valence-corrected chi connectivity index (χ4v) is 3.54. The predicted molar refractivity (Wildman–Crippen MR) is 113 cm³/mol. The Hall–Kier alpha value is -2.04. The van der Waals surface area contributed by atoms with Crippen LogP contribution in [0.1, 0.15) is 47.0 Å². The molecule has 1 fully saturated rings. The lowest BCUT2D eigenvalue weighted by atomic mass is 9.85.